The van der Waals surface area contributed by atoms with Gasteiger partial charge < -0.3 is 10.2 Å². The molecule has 0 fully saturated rings. The highest BCUT2D eigenvalue weighted by Crippen LogP contribution is 2.28. The van der Waals surface area contributed by atoms with Crippen LogP contribution in [0.2, 0.25) is 10.0 Å². The molecule has 0 spiro atoms. The highest BCUT2D eigenvalue weighted by Gasteiger charge is 2.34. The Morgan fingerprint density at radius 2 is 1.42 bits per heavy atom. The molecule has 0 saturated heterocycles. The SMILES string of the molecule is CC(C)NC(=O)[C@@H](Cc1ccccc1)N(Cc1c(Cl)cccc1Cl)C(=O)CN(c1ccccc1)S(C)(=O)=O. The van der Waals surface area contributed by atoms with Gasteiger partial charge in [0.2, 0.25) is 21.8 Å². The molecule has 1 atom stereocenters. The summed E-state index contributed by atoms with van der Waals surface area (Å²) in [7, 11) is -3.83. The third-order valence-corrected chi connectivity index (χ3v) is 7.66. The number of benzene rings is 3. The normalized spacial score (nSPS) is 12.2. The van der Waals surface area contributed by atoms with Crippen molar-refractivity contribution in [3.8, 4) is 0 Å². The van der Waals surface area contributed by atoms with Gasteiger partial charge in [0.15, 0.2) is 0 Å². The average Bonchev–Trinajstić information content (AvgIpc) is 2.86. The van der Waals surface area contributed by atoms with Crippen LogP contribution in [0.5, 0.6) is 0 Å². The van der Waals surface area contributed by atoms with E-state index in [2.05, 4.69) is 5.32 Å². The lowest BCUT2D eigenvalue weighted by atomic mass is 10.0. The summed E-state index contributed by atoms with van der Waals surface area (Å²) in [5.41, 5.74) is 1.64. The smallest absolute Gasteiger partial charge is 0.244 e. The zero-order valence-corrected chi connectivity index (χ0v) is 23.8. The van der Waals surface area contributed by atoms with Gasteiger partial charge in [0.25, 0.3) is 0 Å². The second-order valence-corrected chi connectivity index (χ2v) is 11.9. The lowest BCUT2D eigenvalue weighted by Crippen LogP contribution is -2.54. The summed E-state index contributed by atoms with van der Waals surface area (Å²) in [5.74, 6) is -0.943. The van der Waals surface area contributed by atoms with Crippen molar-refractivity contribution in [1.82, 2.24) is 10.2 Å². The molecule has 202 valence electrons. The van der Waals surface area contributed by atoms with E-state index in [0.717, 1.165) is 16.1 Å². The van der Waals surface area contributed by atoms with E-state index in [9.17, 15) is 18.0 Å². The van der Waals surface area contributed by atoms with Crippen LogP contribution in [0.15, 0.2) is 78.9 Å². The molecule has 0 aliphatic heterocycles. The Balaban J connectivity index is 2.09. The minimum absolute atomic E-state index is 0.0905. The quantitative estimate of drug-likeness (QED) is 0.351. The maximum atomic E-state index is 14.0. The molecule has 0 heterocycles. The molecule has 3 aromatic rings. The Morgan fingerprint density at radius 1 is 0.868 bits per heavy atom. The second kappa shape index (κ2) is 13.1. The number of rotatable bonds is 11. The van der Waals surface area contributed by atoms with E-state index < -0.39 is 28.5 Å². The number of nitrogens with one attached hydrogen (secondary N) is 1. The van der Waals surface area contributed by atoms with E-state index in [1.54, 1.807) is 48.5 Å². The van der Waals surface area contributed by atoms with Gasteiger partial charge in [-0.2, -0.15) is 0 Å². The van der Waals surface area contributed by atoms with Crippen molar-refractivity contribution in [2.75, 3.05) is 17.1 Å². The number of amides is 2. The predicted molar refractivity (Wildman–Crippen MR) is 153 cm³/mol. The summed E-state index contributed by atoms with van der Waals surface area (Å²) in [6.07, 6.45) is 1.24. The van der Waals surface area contributed by atoms with Gasteiger partial charge in [-0.25, -0.2) is 8.42 Å². The van der Waals surface area contributed by atoms with E-state index in [0.29, 0.717) is 21.3 Å². The van der Waals surface area contributed by atoms with Gasteiger partial charge in [-0.3, -0.25) is 13.9 Å². The summed E-state index contributed by atoms with van der Waals surface area (Å²) in [6.45, 7) is 3.06. The molecule has 3 aromatic carbocycles. The molecule has 0 unspecified atom stereocenters. The van der Waals surface area contributed by atoms with Crippen LogP contribution in [-0.2, 0) is 32.6 Å². The van der Waals surface area contributed by atoms with Crippen molar-refractivity contribution >= 4 is 50.7 Å². The lowest BCUT2D eigenvalue weighted by Gasteiger charge is -2.34. The molecular weight excluding hydrogens is 545 g/mol. The maximum absolute atomic E-state index is 14.0. The number of sulfonamides is 1. The van der Waals surface area contributed by atoms with Crippen LogP contribution in [0.3, 0.4) is 0 Å². The van der Waals surface area contributed by atoms with Crippen molar-refractivity contribution in [3.05, 3.63) is 100 Å². The first kappa shape index (κ1) is 29.5. The van der Waals surface area contributed by atoms with Crippen molar-refractivity contribution in [2.24, 2.45) is 0 Å². The Hall–Kier alpha value is -3.07. The molecular formula is C28H31Cl2N3O4S. The van der Waals surface area contributed by atoms with Crippen LogP contribution in [0.1, 0.15) is 25.0 Å². The fourth-order valence-corrected chi connectivity index (χ4v) is 5.36. The van der Waals surface area contributed by atoms with Gasteiger partial charge in [0.1, 0.15) is 12.6 Å². The zero-order valence-electron chi connectivity index (χ0n) is 21.5. The molecule has 0 aliphatic rings. The Morgan fingerprint density at radius 3 is 1.95 bits per heavy atom. The first-order valence-corrected chi connectivity index (χ1v) is 14.7. The second-order valence-electron chi connectivity index (χ2n) is 9.20. The largest absolute Gasteiger partial charge is 0.352 e. The highest BCUT2D eigenvalue weighted by molar-refractivity contribution is 7.92. The molecule has 0 aliphatic carbocycles. The molecule has 10 heteroatoms. The van der Waals surface area contributed by atoms with Crippen LogP contribution in [0, 0.1) is 0 Å². The monoisotopic (exact) mass is 575 g/mol. The average molecular weight is 577 g/mol. The fourth-order valence-electron chi connectivity index (χ4n) is 4.00. The Kier molecular flexibility index (Phi) is 10.2. The number of carbonyl (C=O) groups is 2. The number of hydrogen-bond acceptors (Lipinski definition) is 4. The van der Waals surface area contributed by atoms with Gasteiger partial charge in [0.05, 0.1) is 11.9 Å². The third-order valence-electron chi connectivity index (χ3n) is 5.82. The fraction of sp³-hybridized carbons (Fsp3) is 0.286. The summed E-state index contributed by atoms with van der Waals surface area (Å²) < 4.78 is 26.5. The predicted octanol–water partition coefficient (Wildman–Crippen LogP) is 4.92. The molecule has 38 heavy (non-hydrogen) atoms. The topological polar surface area (TPSA) is 86.8 Å². The zero-order chi connectivity index (χ0) is 27.9. The first-order chi connectivity index (χ1) is 18.0. The lowest BCUT2D eigenvalue weighted by molar-refractivity contribution is -0.140. The van der Waals surface area contributed by atoms with E-state index in [1.807, 2.05) is 44.2 Å². The van der Waals surface area contributed by atoms with Gasteiger partial charge in [-0.1, -0.05) is 77.8 Å². The van der Waals surface area contributed by atoms with Gasteiger partial charge in [0, 0.05) is 34.6 Å². The number of anilines is 1. The number of carbonyl (C=O) groups excluding carboxylic acids is 2. The van der Waals surface area contributed by atoms with Crippen molar-refractivity contribution < 1.29 is 18.0 Å². The van der Waals surface area contributed by atoms with Crippen molar-refractivity contribution in [1.29, 1.82) is 0 Å². The molecule has 7 nitrogen and oxygen atoms in total. The number of nitrogens with zero attached hydrogens (tertiary/aromatic N) is 2. The summed E-state index contributed by atoms with van der Waals surface area (Å²) in [6, 6.07) is 21.5. The Labute approximate surface area is 234 Å². The maximum Gasteiger partial charge on any atom is 0.244 e. The minimum atomic E-state index is -3.83. The van der Waals surface area contributed by atoms with Crippen molar-refractivity contribution in [3.63, 3.8) is 0 Å². The van der Waals surface area contributed by atoms with E-state index in [4.69, 9.17) is 23.2 Å². The standard InChI is InChI=1S/C28H31Cl2N3O4S/c1-20(2)31-28(35)26(17-21-11-6-4-7-12-21)32(18-23-24(29)15-10-16-25(23)30)27(34)19-33(38(3,36)37)22-13-8-5-9-14-22/h4-16,20,26H,17-19H2,1-3H3,(H,31,35)/t26-/m1/s1. The Bertz CT molecular complexity index is 1330. The van der Waals surface area contributed by atoms with Crippen LogP contribution in [0.25, 0.3) is 0 Å². The van der Waals surface area contributed by atoms with Gasteiger partial charge >= 0.3 is 0 Å². The summed E-state index contributed by atoms with van der Waals surface area (Å²) >= 11 is 12.9. The number of hydrogen-bond donors (Lipinski definition) is 1. The molecule has 2 amide bonds. The first-order valence-electron chi connectivity index (χ1n) is 12.1. The molecule has 1 N–H and O–H groups in total. The number of para-hydroxylation sites is 1. The summed E-state index contributed by atoms with van der Waals surface area (Å²) in [5, 5.41) is 3.57. The highest BCUT2D eigenvalue weighted by atomic mass is 35.5. The number of halogens is 2. The van der Waals surface area contributed by atoms with Crippen molar-refractivity contribution in [2.45, 2.75) is 38.9 Å². The molecule has 0 saturated carbocycles. The molecule has 0 bridgehead atoms. The summed E-state index contributed by atoms with van der Waals surface area (Å²) in [4.78, 5) is 28.9. The van der Waals surface area contributed by atoms with Crippen LogP contribution in [0.4, 0.5) is 5.69 Å². The van der Waals surface area contributed by atoms with Crippen LogP contribution >= 0.6 is 23.2 Å². The van der Waals surface area contributed by atoms with Gasteiger partial charge in [-0.15, -0.1) is 0 Å². The molecule has 0 radical (unpaired) electrons. The minimum Gasteiger partial charge on any atom is -0.352 e. The van der Waals surface area contributed by atoms with E-state index >= 15 is 0 Å². The molecule has 0 aromatic heterocycles. The van der Waals surface area contributed by atoms with Gasteiger partial charge in [-0.05, 0) is 43.7 Å². The van der Waals surface area contributed by atoms with Crippen LogP contribution < -0.4 is 9.62 Å². The third kappa shape index (κ3) is 7.96. The van der Waals surface area contributed by atoms with E-state index in [-0.39, 0.29) is 24.9 Å². The molecule has 3 rings (SSSR count). The van der Waals surface area contributed by atoms with Crippen LogP contribution in [-0.4, -0.2) is 50.0 Å². The van der Waals surface area contributed by atoms with E-state index in [1.165, 1.54) is 4.90 Å².